The normalized spacial score (nSPS) is 57.9. The fourth-order valence-corrected chi connectivity index (χ4v) is 1.77. The number of hydrogen-bond acceptors (Lipinski definition) is 0. The molecule has 0 aromatic rings. The molecule has 1 rings (SSSR count). The number of hydrogen-bond donors (Lipinski definition) is 0. The molecule has 0 bridgehead atoms. The van der Waals surface area contributed by atoms with Crippen LogP contribution in [0.1, 0.15) is 20.8 Å². The molecule has 1 aliphatic rings. The SMILES string of the molecule is CC1C(F)[C@@H](C)C(F)C(F)C1(C)F. The predicted molar refractivity (Wildman–Crippen MR) is 42.5 cm³/mol. The van der Waals surface area contributed by atoms with E-state index < -0.39 is 36.0 Å². The Morgan fingerprint density at radius 2 is 1.46 bits per heavy atom. The van der Waals surface area contributed by atoms with Gasteiger partial charge in [-0.2, -0.15) is 0 Å². The standard InChI is InChI=1S/C9H14F4/c1-4-6(10)5(2)9(3,13)8(12)7(4)11/h4-8H,1-3H3/t4-,5?,6?,7?,8?,9?/m1/s1. The van der Waals surface area contributed by atoms with Crippen LogP contribution >= 0.6 is 0 Å². The third kappa shape index (κ3) is 1.44. The van der Waals surface area contributed by atoms with Crippen LogP contribution in [0.15, 0.2) is 0 Å². The topological polar surface area (TPSA) is 0 Å². The van der Waals surface area contributed by atoms with Crippen LogP contribution in [-0.2, 0) is 0 Å². The molecule has 1 aliphatic carbocycles. The van der Waals surface area contributed by atoms with Crippen molar-refractivity contribution in [3.63, 3.8) is 0 Å². The van der Waals surface area contributed by atoms with Crippen molar-refractivity contribution in [2.24, 2.45) is 11.8 Å². The summed E-state index contributed by atoms with van der Waals surface area (Å²) in [5.41, 5.74) is -2.40. The summed E-state index contributed by atoms with van der Waals surface area (Å²) in [7, 11) is 0. The van der Waals surface area contributed by atoms with Gasteiger partial charge in [-0.1, -0.05) is 13.8 Å². The minimum atomic E-state index is -2.40. The Labute approximate surface area is 75.3 Å². The summed E-state index contributed by atoms with van der Waals surface area (Å²) in [6, 6.07) is 0. The molecule has 0 heterocycles. The molecule has 6 atom stereocenters. The first kappa shape index (κ1) is 10.8. The molecule has 0 aliphatic heterocycles. The highest BCUT2D eigenvalue weighted by Crippen LogP contribution is 2.44. The lowest BCUT2D eigenvalue weighted by molar-refractivity contribution is -0.119. The van der Waals surface area contributed by atoms with E-state index in [1.807, 2.05) is 0 Å². The van der Waals surface area contributed by atoms with Crippen molar-refractivity contribution in [3.8, 4) is 0 Å². The van der Waals surface area contributed by atoms with Gasteiger partial charge in [-0.05, 0) is 6.92 Å². The molecule has 78 valence electrons. The Bertz CT molecular complexity index is 174. The fraction of sp³-hybridized carbons (Fsp3) is 1.00. The number of alkyl halides is 4. The van der Waals surface area contributed by atoms with Crippen LogP contribution in [0.4, 0.5) is 17.6 Å². The van der Waals surface area contributed by atoms with E-state index in [1.54, 1.807) is 0 Å². The van der Waals surface area contributed by atoms with Gasteiger partial charge in [-0.15, -0.1) is 0 Å². The molecule has 0 saturated heterocycles. The van der Waals surface area contributed by atoms with Gasteiger partial charge < -0.3 is 0 Å². The maximum absolute atomic E-state index is 13.5. The largest absolute Gasteiger partial charge is 0.247 e. The molecule has 4 heteroatoms. The first-order valence-electron chi connectivity index (χ1n) is 4.41. The summed E-state index contributed by atoms with van der Waals surface area (Å²) in [6.07, 6.45) is -5.87. The quantitative estimate of drug-likeness (QED) is 0.525. The van der Waals surface area contributed by atoms with Gasteiger partial charge in [0, 0.05) is 11.8 Å². The highest BCUT2D eigenvalue weighted by molar-refractivity contribution is 5.03. The van der Waals surface area contributed by atoms with Crippen LogP contribution in [0.3, 0.4) is 0 Å². The van der Waals surface area contributed by atoms with Crippen LogP contribution in [-0.4, -0.2) is 24.2 Å². The van der Waals surface area contributed by atoms with Gasteiger partial charge in [0.15, 0.2) is 6.17 Å². The Balaban J connectivity index is 2.93. The van der Waals surface area contributed by atoms with E-state index in [1.165, 1.54) is 13.8 Å². The third-order valence-corrected chi connectivity index (χ3v) is 3.19. The summed E-state index contributed by atoms with van der Waals surface area (Å²) < 4.78 is 52.9. The molecule has 0 aromatic carbocycles. The second-order valence-corrected chi connectivity index (χ2v) is 4.09. The second kappa shape index (κ2) is 3.14. The highest BCUT2D eigenvalue weighted by atomic mass is 19.2. The molecule has 5 unspecified atom stereocenters. The Morgan fingerprint density at radius 3 is 1.92 bits per heavy atom. The van der Waals surface area contributed by atoms with Crippen molar-refractivity contribution in [2.75, 3.05) is 0 Å². The lowest BCUT2D eigenvalue weighted by atomic mass is 9.71. The summed E-state index contributed by atoms with van der Waals surface area (Å²) >= 11 is 0. The number of rotatable bonds is 0. The molecule has 1 fully saturated rings. The molecule has 0 radical (unpaired) electrons. The van der Waals surface area contributed by atoms with Gasteiger partial charge in [-0.3, -0.25) is 0 Å². The van der Waals surface area contributed by atoms with E-state index in [2.05, 4.69) is 0 Å². The van der Waals surface area contributed by atoms with E-state index in [-0.39, 0.29) is 0 Å². The lowest BCUT2D eigenvalue weighted by Gasteiger charge is -2.43. The van der Waals surface area contributed by atoms with Gasteiger partial charge >= 0.3 is 0 Å². The smallest absolute Gasteiger partial charge is 0.165 e. The summed E-state index contributed by atoms with van der Waals surface area (Å²) in [4.78, 5) is 0. The molecular weight excluding hydrogens is 184 g/mol. The average molecular weight is 198 g/mol. The predicted octanol–water partition coefficient (Wildman–Crippen LogP) is 3.01. The molecule has 0 amide bonds. The van der Waals surface area contributed by atoms with Crippen molar-refractivity contribution in [1.82, 2.24) is 0 Å². The van der Waals surface area contributed by atoms with Crippen LogP contribution < -0.4 is 0 Å². The van der Waals surface area contributed by atoms with Crippen molar-refractivity contribution in [2.45, 2.75) is 45.0 Å². The van der Waals surface area contributed by atoms with Gasteiger partial charge in [0.1, 0.15) is 18.0 Å². The Morgan fingerprint density at radius 1 is 1.00 bits per heavy atom. The summed E-state index contributed by atoms with van der Waals surface area (Å²) in [5.74, 6) is -2.15. The van der Waals surface area contributed by atoms with Crippen molar-refractivity contribution in [3.05, 3.63) is 0 Å². The first-order valence-corrected chi connectivity index (χ1v) is 4.41. The van der Waals surface area contributed by atoms with Gasteiger partial charge in [0.25, 0.3) is 0 Å². The fourth-order valence-electron chi connectivity index (χ4n) is 1.77. The summed E-state index contributed by atoms with van der Waals surface area (Å²) in [5, 5.41) is 0. The van der Waals surface area contributed by atoms with Gasteiger partial charge in [0.2, 0.25) is 0 Å². The van der Waals surface area contributed by atoms with E-state index >= 15 is 0 Å². The van der Waals surface area contributed by atoms with Crippen LogP contribution in [0, 0.1) is 11.8 Å². The molecular formula is C9H14F4. The molecule has 0 spiro atoms. The third-order valence-electron chi connectivity index (χ3n) is 3.19. The maximum atomic E-state index is 13.5. The minimum Gasteiger partial charge on any atom is -0.247 e. The number of halogens is 4. The highest BCUT2D eigenvalue weighted by Gasteiger charge is 2.56. The van der Waals surface area contributed by atoms with E-state index in [0.717, 1.165) is 6.92 Å². The van der Waals surface area contributed by atoms with Crippen LogP contribution in [0.2, 0.25) is 0 Å². The van der Waals surface area contributed by atoms with E-state index in [9.17, 15) is 17.6 Å². The van der Waals surface area contributed by atoms with Crippen LogP contribution in [0.25, 0.3) is 0 Å². The van der Waals surface area contributed by atoms with Crippen molar-refractivity contribution >= 4 is 0 Å². The van der Waals surface area contributed by atoms with Crippen LogP contribution in [0.5, 0.6) is 0 Å². The zero-order valence-electron chi connectivity index (χ0n) is 7.90. The Kier molecular flexibility index (Phi) is 2.61. The molecule has 1 saturated carbocycles. The van der Waals surface area contributed by atoms with Crippen molar-refractivity contribution < 1.29 is 17.6 Å². The average Bonchev–Trinajstić information content (AvgIpc) is 2.09. The van der Waals surface area contributed by atoms with Gasteiger partial charge in [0.05, 0.1) is 0 Å². The zero-order valence-corrected chi connectivity index (χ0v) is 7.90. The zero-order chi connectivity index (χ0) is 10.4. The van der Waals surface area contributed by atoms with E-state index in [4.69, 9.17) is 0 Å². The molecule has 0 aromatic heterocycles. The minimum absolute atomic E-state index is 0.924. The molecule has 0 N–H and O–H groups in total. The first-order chi connectivity index (χ1) is 5.80. The maximum Gasteiger partial charge on any atom is 0.165 e. The Hall–Kier alpha value is -0.280. The van der Waals surface area contributed by atoms with Crippen molar-refractivity contribution in [1.29, 1.82) is 0 Å². The van der Waals surface area contributed by atoms with E-state index in [0.29, 0.717) is 0 Å². The monoisotopic (exact) mass is 198 g/mol. The van der Waals surface area contributed by atoms with Gasteiger partial charge in [-0.25, -0.2) is 17.6 Å². The summed E-state index contributed by atoms with van der Waals surface area (Å²) in [6.45, 7) is 3.47. The molecule has 13 heavy (non-hydrogen) atoms. The second-order valence-electron chi connectivity index (χ2n) is 4.09. The lowest BCUT2D eigenvalue weighted by Crippen LogP contribution is -2.56. The molecule has 0 nitrogen and oxygen atoms in total.